The van der Waals surface area contributed by atoms with E-state index in [2.05, 4.69) is 68.5 Å². The summed E-state index contributed by atoms with van der Waals surface area (Å²) in [4.78, 5) is 32.8. The normalized spacial score (nSPS) is 11.8. The molecule has 0 aliphatic heterocycles. The summed E-state index contributed by atoms with van der Waals surface area (Å²) in [5, 5.41) is 2.83. The molecule has 0 unspecified atom stereocenters. The van der Waals surface area contributed by atoms with Gasteiger partial charge in [-0.25, -0.2) is 4.98 Å². The number of hydrogen-bond donors (Lipinski definition) is 0. The molecule has 0 N–H and O–H groups in total. The predicted molar refractivity (Wildman–Crippen MR) is 198 cm³/mol. The Balaban J connectivity index is 1.17. The first-order valence-corrected chi connectivity index (χ1v) is 16.8. The quantitative estimate of drug-likeness (QED) is 0.190. The van der Waals surface area contributed by atoms with Crippen molar-refractivity contribution >= 4 is 59.2 Å². The number of nitrogens with zero attached hydrogens (tertiary/aromatic N) is 6. The summed E-state index contributed by atoms with van der Waals surface area (Å²) >= 11 is 1.53. The highest BCUT2D eigenvalue weighted by Gasteiger charge is 2.19. The van der Waals surface area contributed by atoms with Gasteiger partial charge in [-0.2, -0.15) is 15.0 Å². The van der Waals surface area contributed by atoms with E-state index in [0.29, 0.717) is 27.9 Å². The molecule has 6 aromatic carbocycles. The Morgan fingerprint density at radius 2 is 1.02 bits per heavy atom. The second kappa shape index (κ2) is 10.8. The summed E-state index contributed by atoms with van der Waals surface area (Å²) in [5.74, 6) is 1.80. The van der Waals surface area contributed by atoms with Crippen LogP contribution in [-0.2, 0) is 0 Å². The number of thiazole rings is 1. The minimum absolute atomic E-state index is 0.200. The lowest BCUT2D eigenvalue weighted by Crippen LogP contribution is -2.08. The summed E-state index contributed by atoms with van der Waals surface area (Å²) in [6.45, 7) is 0. The van der Waals surface area contributed by atoms with Crippen molar-refractivity contribution in [3.05, 3.63) is 156 Å². The van der Waals surface area contributed by atoms with Crippen LogP contribution in [0.15, 0.2) is 150 Å². The lowest BCUT2D eigenvalue weighted by Gasteiger charge is -2.11. The van der Waals surface area contributed by atoms with Gasteiger partial charge in [-0.05, 0) is 53.6 Å². The molecule has 0 amide bonds. The van der Waals surface area contributed by atoms with Crippen LogP contribution in [0.2, 0.25) is 0 Å². The van der Waals surface area contributed by atoms with Gasteiger partial charge in [0.2, 0.25) is 5.95 Å². The second-order valence-electron chi connectivity index (χ2n) is 11.9. The monoisotopic (exact) mass is 648 g/mol. The average molecular weight is 649 g/mol. The lowest BCUT2D eigenvalue weighted by atomic mass is 10.0. The maximum Gasteiger partial charge on any atom is 0.281 e. The molecule has 10 aromatic rings. The Bertz CT molecular complexity index is 2910. The van der Waals surface area contributed by atoms with Gasteiger partial charge >= 0.3 is 0 Å². The fourth-order valence-electron chi connectivity index (χ4n) is 6.77. The predicted octanol–water partition coefficient (Wildman–Crippen LogP) is 9.35. The third-order valence-electron chi connectivity index (χ3n) is 9.06. The Morgan fingerprint density at radius 1 is 0.449 bits per heavy atom. The summed E-state index contributed by atoms with van der Waals surface area (Å²) in [5.41, 5.74) is 7.75. The van der Waals surface area contributed by atoms with Gasteiger partial charge in [0.15, 0.2) is 16.6 Å². The minimum atomic E-state index is -0.200. The molecule has 0 bridgehead atoms. The van der Waals surface area contributed by atoms with Crippen molar-refractivity contribution in [2.45, 2.75) is 0 Å². The van der Waals surface area contributed by atoms with Crippen molar-refractivity contribution < 1.29 is 0 Å². The Labute approximate surface area is 283 Å². The van der Waals surface area contributed by atoms with Crippen molar-refractivity contribution in [2.75, 3.05) is 0 Å². The van der Waals surface area contributed by atoms with E-state index < -0.39 is 0 Å². The van der Waals surface area contributed by atoms with Crippen LogP contribution in [0.25, 0.3) is 87.7 Å². The van der Waals surface area contributed by atoms with E-state index in [1.807, 2.05) is 91.0 Å². The van der Waals surface area contributed by atoms with E-state index in [1.54, 1.807) is 0 Å². The summed E-state index contributed by atoms with van der Waals surface area (Å²) in [6.07, 6.45) is 0. The van der Waals surface area contributed by atoms with Gasteiger partial charge in [-0.1, -0.05) is 114 Å². The fourth-order valence-corrected chi connectivity index (χ4v) is 7.84. The summed E-state index contributed by atoms with van der Waals surface area (Å²) in [6, 6.07) is 49.1. The second-order valence-corrected chi connectivity index (χ2v) is 12.9. The molecule has 0 aliphatic carbocycles. The van der Waals surface area contributed by atoms with Crippen LogP contribution in [0.4, 0.5) is 0 Å². The summed E-state index contributed by atoms with van der Waals surface area (Å²) < 4.78 is 5.28. The first kappa shape index (κ1) is 27.6. The maximum atomic E-state index is 12.7. The van der Waals surface area contributed by atoms with Crippen LogP contribution in [0.1, 0.15) is 0 Å². The fraction of sp³-hybridized carbons (Fsp3) is 0. The van der Waals surface area contributed by atoms with Crippen molar-refractivity contribution in [2.24, 2.45) is 0 Å². The standard InChI is InChI=1S/C41H24N6OS/c48-39-30-16-8-10-18-33(30)47-35-22-20-28(24-36(35)49-41(47)45-39)27-19-21-34-31(23-27)29-15-7-9-17-32(29)46(34)40-43-37(25-11-3-1-4-12-25)42-38(44-40)26-13-5-2-6-14-26/h1-24H. The highest BCUT2D eigenvalue weighted by atomic mass is 32.1. The first-order valence-electron chi connectivity index (χ1n) is 15.9. The van der Waals surface area contributed by atoms with Gasteiger partial charge in [0.25, 0.3) is 5.56 Å². The molecule has 0 saturated carbocycles. The van der Waals surface area contributed by atoms with E-state index in [-0.39, 0.29) is 5.56 Å². The average Bonchev–Trinajstić information content (AvgIpc) is 3.70. The third-order valence-corrected chi connectivity index (χ3v) is 10.1. The Kier molecular flexibility index (Phi) is 6.06. The molecule has 4 heterocycles. The molecule has 0 saturated heterocycles. The summed E-state index contributed by atoms with van der Waals surface area (Å²) in [7, 11) is 0. The number of aromatic nitrogens is 6. The van der Waals surface area contributed by atoms with E-state index >= 15 is 0 Å². The SMILES string of the molecule is O=c1nc2sc3cc(-c4ccc5c(c4)c4ccccc4n5-c4nc(-c5ccccc5)nc(-c5ccccc5)n4)ccc3n2c2ccccc12. The van der Waals surface area contributed by atoms with Crippen molar-refractivity contribution in [3.8, 4) is 39.9 Å². The highest BCUT2D eigenvalue weighted by molar-refractivity contribution is 7.23. The van der Waals surface area contributed by atoms with Crippen molar-refractivity contribution in [3.63, 3.8) is 0 Å². The lowest BCUT2D eigenvalue weighted by molar-refractivity contribution is 0.953. The van der Waals surface area contributed by atoms with Crippen LogP contribution < -0.4 is 5.56 Å². The molecule has 0 aliphatic rings. The van der Waals surface area contributed by atoms with E-state index in [4.69, 9.17) is 15.0 Å². The van der Waals surface area contributed by atoms with Gasteiger partial charge in [-0.3, -0.25) is 13.8 Å². The Morgan fingerprint density at radius 3 is 1.73 bits per heavy atom. The minimum Gasteiger partial charge on any atom is -0.284 e. The number of para-hydroxylation sites is 2. The number of rotatable bonds is 4. The smallest absolute Gasteiger partial charge is 0.281 e. The molecule has 0 spiro atoms. The number of hydrogen-bond acceptors (Lipinski definition) is 6. The molecule has 4 aromatic heterocycles. The van der Waals surface area contributed by atoms with Crippen LogP contribution in [0.3, 0.4) is 0 Å². The van der Waals surface area contributed by atoms with Crippen molar-refractivity contribution in [1.29, 1.82) is 0 Å². The molecule has 7 nitrogen and oxygen atoms in total. The third kappa shape index (κ3) is 4.38. The van der Waals surface area contributed by atoms with E-state index in [9.17, 15) is 4.79 Å². The van der Waals surface area contributed by atoms with Crippen LogP contribution in [0, 0.1) is 0 Å². The van der Waals surface area contributed by atoms with E-state index in [0.717, 1.165) is 59.8 Å². The van der Waals surface area contributed by atoms with Gasteiger partial charge in [0, 0.05) is 21.9 Å². The molecule has 49 heavy (non-hydrogen) atoms. The first-order chi connectivity index (χ1) is 24.2. The molecular weight excluding hydrogens is 625 g/mol. The Hall–Kier alpha value is -6.51. The van der Waals surface area contributed by atoms with Gasteiger partial charge < -0.3 is 0 Å². The molecule has 0 fully saturated rings. The van der Waals surface area contributed by atoms with Gasteiger partial charge in [0.05, 0.1) is 32.2 Å². The zero-order valence-corrected chi connectivity index (χ0v) is 26.7. The zero-order valence-electron chi connectivity index (χ0n) is 25.9. The topological polar surface area (TPSA) is 78.0 Å². The highest BCUT2D eigenvalue weighted by Crippen LogP contribution is 2.37. The van der Waals surface area contributed by atoms with Crippen LogP contribution in [0.5, 0.6) is 0 Å². The van der Waals surface area contributed by atoms with E-state index in [1.165, 1.54) is 11.3 Å². The van der Waals surface area contributed by atoms with Gasteiger partial charge in [-0.15, -0.1) is 0 Å². The number of fused-ring (bicyclic) bond motifs is 8. The van der Waals surface area contributed by atoms with Crippen LogP contribution >= 0.6 is 11.3 Å². The molecule has 0 radical (unpaired) electrons. The van der Waals surface area contributed by atoms with Gasteiger partial charge in [0.1, 0.15) is 0 Å². The molecule has 10 rings (SSSR count). The van der Waals surface area contributed by atoms with Crippen LogP contribution in [-0.4, -0.2) is 28.9 Å². The molecule has 230 valence electrons. The number of benzene rings is 6. The van der Waals surface area contributed by atoms with Crippen molar-refractivity contribution in [1.82, 2.24) is 28.9 Å². The largest absolute Gasteiger partial charge is 0.284 e. The maximum absolute atomic E-state index is 12.7. The molecular formula is C41H24N6OS. The molecule has 0 atom stereocenters. The zero-order chi connectivity index (χ0) is 32.5. The molecule has 8 heteroatoms.